The second-order valence-electron chi connectivity index (χ2n) is 4.69. The smallest absolute Gasteiger partial charge is 0.138 e. The highest BCUT2D eigenvalue weighted by Crippen LogP contribution is 2.23. The zero-order valence-corrected chi connectivity index (χ0v) is 12.5. The summed E-state index contributed by atoms with van der Waals surface area (Å²) in [4.78, 5) is 12.9. The molecule has 0 aliphatic heterocycles. The number of ketones is 1. The summed E-state index contributed by atoms with van der Waals surface area (Å²) in [6.07, 6.45) is 5.54. The van der Waals surface area contributed by atoms with E-state index in [1.807, 2.05) is 12.1 Å². The van der Waals surface area contributed by atoms with Crippen LogP contribution in [0.2, 0.25) is 4.34 Å². The molecule has 1 aromatic rings. The molecule has 0 aliphatic carbocycles. The van der Waals surface area contributed by atoms with Crippen molar-refractivity contribution in [3.63, 3.8) is 0 Å². The Kier molecular flexibility index (Phi) is 7.56. The summed E-state index contributed by atoms with van der Waals surface area (Å²) < 4.78 is 0.754. The van der Waals surface area contributed by atoms with Crippen molar-refractivity contribution < 1.29 is 4.79 Å². The van der Waals surface area contributed by atoms with E-state index in [-0.39, 0.29) is 0 Å². The quantitative estimate of drug-likeness (QED) is 0.744. The second kappa shape index (κ2) is 8.68. The molecular formula is C14H22ClNOS. The molecule has 1 unspecified atom stereocenters. The zero-order valence-electron chi connectivity index (χ0n) is 11.0. The highest BCUT2D eigenvalue weighted by atomic mass is 35.5. The highest BCUT2D eigenvalue weighted by molar-refractivity contribution is 7.16. The number of nitrogens with two attached hydrogens (primary N) is 1. The first-order valence-electron chi connectivity index (χ1n) is 6.61. The van der Waals surface area contributed by atoms with Crippen LogP contribution in [0.4, 0.5) is 0 Å². The van der Waals surface area contributed by atoms with Gasteiger partial charge in [0.05, 0.1) is 4.34 Å². The van der Waals surface area contributed by atoms with Gasteiger partial charge in [0.1, 0.15) is 5.78 Å². The minimum Gasteiger partial charge on any atom is -0.330 e. The molecule has 2 N–H and O–H groups in total. The van der Waals surface area contributed by atoms with Crippen LogP contribution in [0.15, 0.2) is 12.1 Å². The van der Waals surface area contributed by atoms with Crippen LogP contribution in [0.5, 0.6) is 0 Å². The highest BCUT2D eigenvalue weighted by Gasteiger charge is 2.11. The van der Waals surface area contributed by atoms with Gasteiger partial charge in [0.2, 0.25) is 0 Å². The van der Waals surface area contributed by atoms with Gasteiger partial charge in [-0.05, 0) is 37.4 Å². The van der Waals surface area contributed by atoms with Gasteiger partial charge in [-0.3, -0.25) is 4.79 Å². The fourth-order valence-electron chi connectivity index (χ4n) is 2.17. The predicted molar refractivity (Wildman–Crippen MR) is 79.3 cm³/mol. The van der Waals surface area contributed by atoms with Crippen molar-refractivity contribution in [3.05, 3.63) is 21.3 Å². The number of hydrogen-bond donors (Lipinski definition) is 1. The van der Waals surface area contributed by atoms with Crippen molar-refractivity contribution in [2.24, 2.45) is 11.7 Å². The lowest BCUT2D eigenvalue weighted by molar-refractivity contribution is -0.118. The van der Waals surface area contributed by atoms with Crippen LogP contribution in [-0.4, -0.2) is 12.3 Å². The van der Waals surface area contributed by atoms with Gasteiger partial charge in [-0.15, -0.1) is 11.3 Å². The molecule has 0 saturated carbocycles. The van der Waals surface area contributed by atoms with Gasteiger partial charge < -0.3 is 5.73 Å². The Morgan fingerprint density at radius 2 is 2.17 bits per heavy atom. The molecule has 18 heavy (non-hydrogen) atoms. The van der Waals surface area contributed by atoms with Gasteiger partial charge >= 0.3 is 0 Å². The van der Waals surface area contributed by atoms with E-state index in [1.54, 1.807) is 0 Å². The molecule has 102 valence electrons. The van der Waals surface area contributed by atoms with Crippen LogP contribution in [0, 0.1) is 5.92 Å². The Labute approximate surface area is 119 Å². The van der Waals surface area contributed by atoms with Crippen molar-refractivity contribution in [2.75, 3.05) is 6.54 Å². The Morgan fingerprint density at radius 1 is 1.39 bits per heavy atom. The average Bonchev–Trinajstić information content (AvgIpc) is 2.72. The molecule has 0 amide bonds. The van der Waals surface area contributed by atoms with E-state index in [2.05, 4.69) is 6.92 Å². The van der Waals surface area contributed by atoms with Gasteiger partial charge in [-0.25, -0.2) is 0 Å². The van der Waals surface area contributed by atoms with Gasteiger partial charge in [0.15, 0.2) is 0 Å². The number of halogens is 1. The molecule has 0 fully saturated rings. The van der Waals surface area contributed by atoms with Crippen molar-refractivity contribution in [3.8, 4) is 0 Å². The Bertz CT molecular complexity index is 358. The average molecular weight is 288 g/mol. The lowest BCUT2D eigenvalue weighted by Crippen LogP contribution is -2.11. The maximum atomic E-state index is 11.9. The van der Waals surface area contributed by atoms with E-state index in [1.165, 1.54) is 24.2 Å². The third-order valence-corrected chi connectivity index (χ3v) is 4.33. The van der Waals surface area contributed by atoms with Crippen LogP contribution in [0.25, 0.3) is 0 Å². The fourth-order valence-corrected chi connectivity index (χ4v) is 3.29. The summed E-state index contributed by atoms with van der Waals surface area (Å²) >= 11 is 7.34. The maximum Gasteiger partial charge on any atom is 0.138 e. The number of carbonyl (C=O) groups is 1. The van der Waals surface area contributed by atoms with Crippen molar-refractivity contribution in [1.82, 2.24) is 0 Å². The Morgan fingerprint density at radius 3 is 2.72 bits per heavy atom. The van der Waals surface area contributed by atoms with Crippen LogP contribution in [0.1, 0.15) is 43.9 Å². The number of thiophene rings is 1. The van der Waals surface area contributed by atoms with E-state index < -0.39 is 0 Å². The summed E-state index contributed by atoms with van der Waals surface area (Å²) in [5.74, 6) is 0.919. The maximum absolute atomic E-state index is 11.9. The molecule has 0 aromatic carbocycles. The van der Waals surface area contributed by atoms with Crippen LogP contribution >= 0.6 is 22.9 Å². The summed E-state index contributed by atoms with van der Waals surface area (Å²) in [7, 11) is 0. The van der Waals surface area contributed by atoms with Gasteiger partial charge in [0.25, 0.3) is 0 Å². The first-order chi connectivity index (χ1) is 8.65. The van der Waals surface area contributed by atoms with Gasteiger partial charge in [0, 0.05) is 17.7 Å². The topological polar surface area (TPSA) is 43.1 Å². The summed E-state index contributed by atoms with van der Waals surface area (Å²) in [5.41, 5.74) is 5.59. The lowest BCUT2D eigenvalue weighted by atomic mass is 9.93. The van der Waals surface area contributed by atoms with Crippen LogP contribution in [-0.2, 0) is 11.2 Å². The third-order valence-electron chi connectivity index (χ3n) is 3.10. The molecule has 0 spiro atoms. The standard InChI is InChI=1S/C14H22ClNOS/c1-2-3-11(8-9-16)4-5-12(17)10-13-6-7-14(15)18-13/h6-7,11H,2-5,8-10,16H2,1H3. The van der Waals surface area contributed by atoms with Crippen LogP contribution < -0.4 is 5.73 Å². The SMILES string of the molecule is CCCC(CCN)CCC(=O)Cc1ccc(Cl)s1. The molecule has 0 bridgehead atoms. The molecule has 0 saturated heterocycles. The Balaban J connectivity index is 2.30. The normalized spacial score (nSPS) is 12.6. The summed E-state index contributed by atoms with van der Waals surface area (Å²) in [6, 6.07) is 3.79. The molecule has 1 atom stereocenters. The molecule has 1 rings (SSSR count). The second-order valence-corrected chi connectivity index (χ2v) is 6.49. The zero-order chi connectivity index (χ0) is 13.4. The minimum absolute atomic E-state index is 0.312. The van der Waals surface area contributed by atoms with E-state index in [9.17, 15) is 4.79 Å². The predicted octanol–water partition coefficient (Wildman–Crippen LogP) is 4.06. The Hall–Kier alpha value is -0.380. The summed E-state index contributed by atoms with van der Waals surface area (Å²) in [6.45, 7) is 2.90. The van der Waals surface area contributed by atoms with Gasteiger partial charge in [-0.2, -0.15) is 0 Å². The molecule has 0 radical (unpaired) electrons. The number of carbonyl (C=O) groups excluding carboxylic acids is 1. The third kappa shape index (κ3) is 5.98. The fraction of sp³-hybridized carbons (Fsp3) is 0.643. The molecular weight excluding hydrogens is 266 g/mol. The van der Waals surface area contributed by atoms with Crippen molar-refractivity contribution in [2.45, 2.75) is 45.4 Å². The van der Waals surface area contributed by atoms with E-state index in [0.717, 1.165) is 28.6 Å². The molecule has 4 heteroatoms. The van der Waals surface area contributed by atoms with Crippen molar-refractivity contribution in [1.29, 1.82) is 0 Å². The first-order valence-corrected chi connectivity index (χ1v) is 7.81. The van der Waals surface area contributed by atoms with E-state index in [0.29, 0.717) is 24.5 Å². The minimum atomic E-state index is 0.312. The molecule has 1 heterocycles. The number of rotatable bonds is 9. The van der Waals surface area contributed by atoms with Crippen LogP contribution in [0.3, 0.4) is 0 Å². The largest absolute Gasteiger partial charge is 0.330 e. The molecule has 1 aromatic heterocycles. The first kappa shape index (κ1) is 15.7. The van der Waals surface area contributed by atoms with Gasteiger partial charge in [-0.1, -0.05) is 31.4 Å². The number of hydrogen-bond acceptors (Lipinski definition) is 3. The monoisotopic (exact) mass is 287 g/mol. The number of Topliss-reactive ketones (excluding diaryl/α,β-unsaturated/α-hetero) is 1. The summed E-state index contributed by atoms with van der Waals surface area (Å²) in [5, 5.41) is 0. The van der Waals surface area contributed by atoms with E-state index >= 15 is 0 Å². The van der Waals surface area contributed by atoms with Crippen molar-refractivity contribution >= 4 is 28.7 Å². The van der Waals surface area contributed by atoms with E-state index in [4.69, 9.17) is 17.3 Å². The molecule has 0 aliphatic rings. The molecule has 2 nitrogen and oxygen atoms in total. The lowest BCUT2D eigenvalue weighted by Gasteiger charge is -2.14.